The maximum Gasteiger partial charge on any atom is 0.235 e. The Balaban J connectivity index is 1.45. The number of nitrogens with one attached hydrogen (secondary N) is 1. The number of anilines is 2. The Morgan fingerprint density at radius 1 is 1.18 bits per heavy atom. The summed E-state index contributed by atoms with van der Waals surface area (Å²) in [5, 5.41) is 3.26. The first kappa shape index (κ1) is 22.9. The van der Waals surface area contributed by atoms with Crippen molar-refractivity contribution in [1.82, 2.24) is 9.88 Å². The molecule has 1 fully saturated rings. The molecule has 0 radical (unpaired) electrons. The van der Waals surface area contributed by atoms with Crippen molar-refractivity contribution in [3.63, 3.8) is 0 Å². The lowest BCUT2D eigenvalue weighted by atomic mass is 9.73. The largest absolute Gasteiger partial charge is 0.485 e. The van der Waals surface area contributed by atoms with Crippen molar-refractivity contribution >= 4 is 40.6 Å². The van der Waals surface area contributed by atoms with Gasteiger partial charge in [0.2, 0.25) is 5.91 Å². The summed E-state index contributed by atoms with van der Waals surface area (Å²) in [7, 11) is 2.07. The van der Waals surface area contributed by atoms with Crippen LogP contribution in [0.25, 0.3) is 11.1 Å². The second-order valence-electron chi connectivity index (χ2n) is 8.82. The van der Waals surface area contributed by atoms with Crippen molar-refractivity contribution in [1.29, 1.82) is 0 Å². The fourth-order valence-corrected chi connectivity index (χ4v) is 5.15. The molecular weight excluding hydrogens is 478 g/mol. The van der Waals surface area contributed by atoms with Crippen molar-refractivity contribution in [3.05, 3.63) is 69.6 Å². The normalized spacial score (nSPS) is 17.0. The van der Waals surface area contributed by atoms with Crippen LogP contribution < -0.4 is 15.8 Å². The number of benzene rings is 2. The molecule has 9 heteroatoms. The van der Waals surface area contributed by atoms with Crippen LogP contribution in [0, 0.1) is 5.82 Å². The van der Waals surface area contributed by atoms with Crippen LogP contribution in [0.1, 0.15) is 24.0 Å². The molecule has 5 rings (SSSR count). The third kappa shape index (κ3) is 3.87. The Morgan fingerprint density at radius 3 is 2.71 bits per heavy atom. The number of aromatic nitrogens is 1. The highest BCUT2D eigenvalue weighted by Crippen LogP contribution is 2.46. The number of ether oxygens (including phenoxy) is 1. The van der Waals surface area contributed by atoms with E-state index >= 15 is 0 Å². The number of piperidine rings is 1. The van der Waals surface area contributed by atoms with Crippen molar-refractivity contribution in [2.75, 3.05) is 31.2 Å². The van der Waals surface area contributed by atoms with Crippen LogP contribution in [0.4, 0.5) is 15.9 Å². The Hall–Kier alpha value is -2.87. The van der Waals surface area contributed by atoms with E-state index in [1.54, 1.807) is 12.3 Å². The zero-order valence-corrected chi connectivity index (χ0v) is 20.0. The molecular formula is C25H23Cl2FN4O2. The van der Waals surface area contributed by atoms with Crippen molar-refractivity contribution < 1.29 is 13.9 Å². The molecule has 0 unspecified atom stereocenters. The summed E-state index contributed by atoms with van der Waals surface area (Å²) >= 11 is 12.2. The zero-order chi connectivity index (χ0) is 24.0. The minimum atomic E-state index is -0.575. The maximum absolute atomic E-state index is 13.8. The van der Waals surface area contributed by atoms with E-state index in [9.17, 15) is 9.18 Å². The van der Waals surface area contributed by atoms with Gasteiger partial charge >= 0.3 is 0 Å². The van der Waals surface area contributed by atoms with Gasteiger partial charge in [0.05, 0.1) is 10.4 Å². The molecule has 1 amide bonds. The lowest BCUT2D eigenvalue weighted by molar-refractivity contribution is -0.122. The smallest absolute Gasteiger partial charge is 0.235 e. The second-order valence-corrected chi connectivity index (χ2v) is 9.60. The average Bonchev–Trinajstić information content (AvgIpc) is 3.09. The summed E-state index contributed by atoms with van der Waals surface area (Å²) < 4.78 is 19.7. The molecule has 0 bridgehead atoms. The molecule has 2 aliphatic heterocycles. The van der Waals surface area contributed by atoms with E-state index in [2.05, 4.69) is 28.3 Å². The number of carbonyl (C=O) groups excluding carboxylic acids is 1. The van der Waals surface area contributed by atoms with E-state index in [0.717, 1.165) is 48.3 Å². The predicted octanol–water partition coefficient (Wildman–Crippen LogP) is 5.27. The number of nitrogens with two attached hydrogens (primary N) is 1. The van der Waals surface area contributed by atoms with E-state index in [1.807, 2.05) is 12.1 Å². The summed E-state index contributed by atoms with van der Waals surface area (Å²) in [6, 6.07) is 10.3. The Bertz CT molecular complexity index is 1290. The SMILES string of the molecule is CN1CCC2(CC1)C(=O)Nc1ccc(-c3cnc(N)c(OCc4c(Cl)ccc(F)c4Cl)c3)cc12. The van der Waals surface area contributed by atoms with Gasteiger partial charge in [-0.05, 0) is 74.4 Å². The molecule has 1 saturated heterocycles. The average molecular weight is 501 g/mol. The molecule has 0 aliphatic carbocycles. The topological polar surface area (TPSA) is 80.5 Å². The lowest BCUT2D eigenvalue weighted by Crippen LogP contribution is -2.45. The first-order valence-corrected chi connectivity index (χ1v) is 11.7. The van der Waals surface area contributed by atoms with E-state index < -0.39 is 11.2 Å². The maximum atomic E-state index is 13.8. The molecule has 2 aromatic carbocycles. The number of hydrogen-bond donors (Lipinski definition) is 2. The molecule has 176 valence electrons. The Morgan fingerprint density at radius 2 is 1.94 bits per heavy atom. The Labute approximate surface area is 206 Å². The van der Waals surface area contributed by atoms with Gasteiger partial charge in [0.25, 0.3) is 0 Å². The molecule has 0 saturated carbocycles. The summed E-state index contributed by atoms with van der Waals surface area (Å²) in [6.07, 6.45) is 3.21. The van der Waals surface area contributed by atoms with Gasteiger partial charge in [0.15, 0.2) is 11.6 Å². The van der Waals surface area contributed by atoms with Gasteiger partial charge in [-0.2, -0.15) is 0 Å². The van der Waals surface area contributed by atoms with Crippen LogP contribution in [0.5, 0.6) is 5.75 Å². The van der Waals surface area contributed by atoms with Crippen LogP contribution in [0.15, 0.2) is 42.6 Å². The highest BCUT2D eigenvalue weighted by Gasteiger charge is 2.48. The number of carbonyl (C=O) groups is 1. The molecule has 3 heterocycles. The van der Waals surface area contributed by atoms with Gasteiger partial charge in [0.1, 0.15) is 12.4 Å². The van der Waals surface area contributed by atoms with E-state index in [0.29, 0.717) is 16.3 Å². The number of rotatable bonds is 4. The number of amides is 1. The van der Waals surface area contributed by atoms with Crippen molar-refractivity contribution in [3.8, 4) is 16.9 Å². The fraction of sp³-hybridized carbons (Fsp3) is 0.280. The molecule has 0 atom stereocenters. The minimum Gasteiger partial charge on any atom is -0.485 e. The van der Waals surface area contributed by atoms with Gasteiger partial charge in [0, 0.05) is 28.0 Å². The number of pyridine rings is 1. The molecule has 1 spiro atoms. The monoisotopic (exact) mass is 500 g/mol. The first-order chi connectivity index (χ1) is 16.3. The molecule has 3 N–H and O–H groups in total. The predicted molar refractivity (Wildman–Crippen MR) is 132 cm³/mol. The lowest BCUT2D eigenvalue weighted by Gasteiger charge is -2.36. The molecule has 34 heavy (non-hydrogen) atoms. The number of halogens is 3. The quantitative estimate of drug-likeness (QED) is 0.476. The van der Waals surface area contributed by atoms with Gasteiger partial charge in [-0.25, -0.2) is 9.37 Å². The number of nitrogens with zero attached hydrogens (tertiary/aromatic N) is 2. The number of nitrogen functional groups attached to an aromatic ring is 1. The third-order valence-corrected chi connectivity index (χ3v) is 7.55. The molecule has 2 aliphatic rings. The van der Waals surface area contributed by atoms with E-state index in [4.69, 9.17) is 33.7 Å². The highest BCUT2D eigenvalue weighted by atomic mass is 35.5. The van der Waals surface area contributed by atoms with Gasteiger partial charge in [-0.3, -0.25) is 4.79 Å². The third-order valence-electron chi connectivity index (χ3n) is 6.78. The summed E-state index contributed by atoms with van der Waals surface area (Å²) in [4.78, 5) is 19.5. The zero-order valence-electron chi connectivity index (χ0n) is 18.5. The number of fused-ring (bicyclic) bond motifs is 2. The van der Waals surface area contributed by atoms with E-state index in [-0.39, 0.29) is 23.4 Å². The van der Waals surface area contributed by atoms with Gasteiger partial charge in [-0.15, -0.1) is 0 Å². The van der Waals surface area contributed by atoms with Crippen molar-refractivity contribution in [2.24, 2.45) is 0 Å². The molecule has 3 aromatic rings. The fourth-order valence-electron chi connectivity index (χ4n) is 4.67. The van der Waals surface area contributed by atoms with Gasteiger partial charge < -0.3 is 20.7 Å². The van der Waals surface area contributed by atoms with E-state index in [1.165, 1.54) is 12.1 Å². The highest BCUT2D eigenvalue weighted by molar-refractivity contribution is 6.36. The minimum absolute atomic E-state index is 0.0655. The van der Waals surface area contributed by atoms with Crippen LogP contribution >= 0.6 is 23.2 Å². The second kappa shape index (κ2) is 8.73. The van der Waals surface area contributed by atoms with Crippen LogP contribution in [0.3, 0.4) is 0 Å². The molecule has 1 aromatic heterocycles. The van der Waals surface area contributed by atoms with Crippen LogP contribution in [0.2, 0.25) is 10.0 Å². The summed E-state index contributed by atoms with van der Waals surface area (Å²) in [5.74, 6) is 0.0134. The molecule has 6 nitrogen and oxygen atoms in total. The number of likely N-dealkylation sites (tertiary alicyclic amines) is 1. The number of hydrogen-bond acceptors (Lipinski definition) is 5. The van der Waals surface area contributed by atoms with Crippen LogP contribution in [-0.4, -0.2) is 35.9 Å². The van der Waals surface area contributed by atoms with Crippen molar-refractivity contribution in [2.45, 2.75) is 24.9 Å². The summed E-state index contributed by atoms with van der Waals surface area (Å²) in [6.45, 7) is 1.66. The summed E-state index contributed by atoms with van der Waals surface area (Å²) in [5.41, 5.74) is 9.41. The van der Waals surface area contributed by atoms with Gasteiger partial charge in [-0.1, -0.05) is 29.3 Å². The Kier molecular flexibility index (Phi) is 5.88. The standard InChI is InChI=1S/C25H23Cl2FN4O2/c1-32-8-6-25(7-9-32)17-10-14(2-5-20(17)31-24(25)33)15-11-21(23(29)30-12-15)34-13-16-18(26)3-4-19(28)22(16)27/h2-5,10-12H,6-9,13H2,1H3,(H2,29,30)(H,31,33). The van der Waals surface area contributed by atoms with Crippen LogP contribution in [-0.2, 0) is 16.8 Å². The first-order valence-electron chi connectivity index (χ1n) is 10.9.